The summed E-state index contributed by atoms with van der Waals surface area (Å²) >= 11 is 0. The maximum Gasteiger partial charge on any atom is 0.269 e. The van der Waals surface area contributed by atoms with Gasteiger partial charge in [-0.05, 0) is 29.8 Å². The molecule has 3 aromatic rings. The van der Waals surface area contributed by atoms with E-state index in [1.807, 2.05) is 0 Å². The predicted molar refractivity (Wildman–Crippen MR) is 80.9 cm³/mol. The van der Waals surface area contributed by atoms with E-state index in [0.29, 0.717) is 22.8 Å². The summed E-state index contributed by atoms with van der Waals surface area (Å²) in [4.78, 5) is 14.5. The number of aromatic nitrogens is 3. The topological polar surface area (TPSA) is 111 Å². The van der Waals surface area contributed by atoms with Crippen molar-refractivity contribution in [2.75, 3.05) is 0 Å². The van der Waals surface area contributed by atoms with E-state index in [1.165, 1.54) is 24.3 Å². The van der Waals surface area contributed by atoms with E-state index in [-0.39, 0.29) is 11.5 Å². The molecule has 0 aliphatic rings. The van der Waals surface area contributed by atoms with Crippen molar-refractivity contribution < 1.29 is 9.31 Å². The molecule has 0 fully saturated rings. The van der Waals surface area contributed by atoms with E-state index in [2.05, 4.69) is 15.2 Å². The van der Waals surface area contributed by atoms with Gasteiger partial charge in [-0.25, -0.2) is 9.37 Å². The van der Waals surface area contributed by atoms with Gasteiger partial charge >= 0.3 is 0 Å². The van der Waals surface area contributed by atoms with Gasteiger partial charge in [-0.15, -0.1) is 0 Å². The Kier molecular flexibility index (Phi) is 3.82. The fraction of sp³-hybridized carbons (Fsp3) is 0.0667. The third-order valence-corrected chi connectivity index (χ3v) is 3.36. The van der Waals surface area contributed by atoms with Gasteiger partial charge in [0.05, 0.1) is 11.0 Å². The van der Waals surface area contributed by atoms with Crippen LogP contribution in [-0.2, 0) is 0 Å². The quantitative estimate of drug-likeness (QED) is 0.568. The summed E-state index contributed by atoms with van der Waals surface area (Å²) in [6, 6.07) is 11.1. The Morgan fingerprint density at radius 3 is 2.39 bits per heavy atom. The van der Waals surface area contributed by atoms with Crippen LogP contribution in [0.1, 0.15) is 17.4 Å². The summed E-state index contributed by atoms with van der Waals surface area (Å²) in [6.45, 7) is 0. The van der Waals surface area contributed by atoms with Gasteiger partial charge in [0.15, 0.2) is 5.82 Å². The Labute approximate surface area is 130 Å². The Balaban J connectivity index is 1.84. The van der Waals surface area contributed by atoms with E-state index in [9.17, 15) is 14.5 Å². The number of nitrogens with zero attached hydrogens (tertiary/aromatic N) is 3. The number of aromatic amines is 1. The number of halogens is 1. The van der Waals surface area contributed by atoms with Crippen LogP contribution in [0.2, 0.25) is 0 Å². The van der Waals surface area contributed by atoms with E-state index in [1.54, 1.807) is 24.3 Å². The number of nitrogens with two attached hydrogens (primary N) is 1. The lowest BCUT2D eigenvalue weighted by molar-refractivity contribution is -0.384. The third-order valence-electron chi connectivity index (χ3n) is 3.36. The molecule has 0 spiro atoms. The summed E-state index contributed by atoms with van der Waals surface area (Å²) in [6.07, 6.45) is 0. The predicted octanol–water partition coefficient (Wildman–Crippen LogP) is 2.57. The third kappa shape index (κ3) is 3.06. The largest absolute Gasteiger partial charge is 0.318 e. The number of rotatable bonds is 4. The van der Waals surface area contributed by atoms with Crippen LogP contribution in [0.5, 0.6) is 0 Å². The van der Waals surface area contributed by atoms with Crippen LogP contribution < -0.4 is 5.73 Å². The van der Waals surface area contributed by atoms with Gasteiger partial charge in [-0.2, -0.15) is 5.10 Å². The van der Waals surface area contributed by atoms with Gasteiger partial charge in [-0.1, -0.05) is 12.1 Å². The lowest BCUT2D eigenvalue weighted by atomic mass is 10.1. The highest BCUT2D eigenvalue weighted by molar-refractivity contribution is 5.57. The van der Waals surface area contributed by atoms with Crippen molar-refractivity contribution in [2.45, 2.75) is 6.04 Å². The molecule has 0 saturated heterocycles. The van der Waals surface area contributed by atoms with Crippen LogP contribution in [0, 0.1) is 15.9 Å². The van der Waals surface area contributed by atoms with Crippen LogP contribution in [0.15, 0.2) is 48.5 Å². The number of hydrogen-bond acceptors (Lipinski definition) is 5. The molecule has 8 heteroatoms. The second kappa shape index (κ2) is 5.93. The molecule has 0 saturated carbocycles. The molecular formula is C15H12FN5O2. The Bertz CT molecular complexity index is 830. The molecule has 0 amide bonds. The average Bonchev–Trinajstić information content (AvgIpc) is 3.05. The number of nitrogens with one attached hydrogen (secondary N) is 1. The van der Waals surface area contributed by atoms with Gasteiger partial charge in [0.2, 0.25) is 0 Å². The zero-order chi connectivity index (χ0) is 16.4. The highest BCUT2D eigenvalue weighted by Gasteiger charge is 2.15. The number of H-pyrrole nitrogens is 1. The SMILES string of the molecule is N[C@H](c1ccc(F)cc1)c1nc(-c2ccc([N+](=O)[O-])cc2)n[nH]1. The van der Waals surface area contributed by atoms with Crippen molar-refractivity contribution in [1.82, 2.24) is 15.2 Å². The maximum atomic E-state index is 12.9. The van der Waals surface area contributed by atoms with Crippen LogP contribution in [0.25, 0.3) is 11.4 Å². The number of nitro benzene ring substituents is 1. The lowest BCUT2D eigenvalue weighted by Gasteiger charge is -2.07. The molecular weight excluding hydrogens is 301 g/mol. The van der Waals surface area contributed by atoms with Crippen molar-refractivity contribution in [3.05, 3.63) is 75.9 Å². The smallest absolute Gasteiger partial charge is 0.269 e. The first-order valence-electron chi connectivity index (χ1n) is 6.73. The zero-order valence-electron chi connectivity index (χ0n) is 11.8. The zero-order valence-corrected chi connectivity index (χ0v) is 11.8. The monoisotopic (exact) mass is 313 g/mol. The number of non-ortho nitro benzene ring substituents is 1. The van der Waals surface area contributed by atoms with Crippen LogP contribution in [0.3, 0.4) is 0 Å². The van der Waals surface area contributed by atoms with Crippen LogP contribution in [-0.4, -0.2) is 20.1 Å². The molecule has 0 unspecified atom stereocenters. The van der Waals surface area contributed by atoms with E-state index in [4.69, 9.17) is 5.73 Å². The second-order valence-electron chi connectivity index (χ2n) is 4.88. The summed E-state index contributed by atoms with van der Waals surface area (Å²) < 4.78 is 12.9. The second-order valence-corrected chi connectivity index (χ2v) is 4.88. The molecule has 116 valence electrons. The Morgan fingerprint density at radius 2 is 1.78 bits per heavy atom. The highest BCUT2D eigenvalue weighted by atomic mass is 19.1. The van der Waals surface area contributed by atoms with Gasteiger partial charge in [0.25, 0.3) is 5.69 Å². The number of hydrogen-bond donors (Lipinski definition) is 2. The first-order valence-corrected chi connectivity index (χ1v) is 6.73. The average molecular weight is 313 g/mol. The number of benzene rings is 2. The molecule has 7 nitrogen and oxygen atoms in total. The van der Waals surface area contributed by atoms with E-state index in [0.717, 1.165) is 0 Å². The molecule has 0 bridgehead atoms. The van der Waals surface area contributed by atoms with Crippen LogP contribution >= 0.6 is 0 Å². The van der Waals surface area contributed by atoms with Crippen molar-refractivity contribution in [1.29, 1.82) is 0 Å². The summed E-state index contributed by atoms with van der Waals surface area (Å²) in [5, 5.41) is 17.5. The molecule has 0 aliphatic heterocycles. The fourth-order valence-electron chi connectivity index (χ4n) is 2.10. The van der Waals surface area contributed by atoms with Gasteiger partial charge in [0.1, 0.15) is 11.6 Å². The summed E-state index contributed by atoms with van der Waals surface area (Å²) in [5.41, 5.74) is 7.39. The molecule has 0 radical (unpaired) electrons. The van der Waals surface area contributed by atoms with Crippen molar-refractivity contribution in [2.24, 2.45) is 5.73 Å². The minimum absolute atomic E-state index is 0.00692. The Morgan fingerprint density at radius 1 is 1.13 bits per heavy atom. The first kappa shape index (κ1) is 14.8. The minimum Gasteiger partial charge on any atom is -0.318 e. The molecule has 2 aromatic carbocycles. The maximum absolute atomic E-state index is 12.9. The molecule has 0 aliphatic carbocycles. The molecule has 23 heavy (non-hydrogen) atoms. The standard InChI is InChI=1S/C15H12FN5O2/c16-11-5-1-9(2-6-11)13(17)15-18-14(19-20-15)10-3-7-12(8-4-10)21(22)23/h1-8,13H,17H2,(H,18,19,20)/t13-/m1/s1. The lowest BCUT2D eigenvalue weighted by Crippen LogP contribution is -2.13. The van der Waals surface area contributed by atoms with Gasteiger partial charge < -0.3 is 5.73 Å². The van der Waals surface area contributed by atoms with Gasteiger partial charge in [0, 0.05) is 17.7 Å². The molecule has 1 atom stereocenters. The first-order chi connectivity index (χ1) is 11.0. The fourth-order valence-corrected chi connectivity index (χ4v) is 2.10. The molecule has 1 aromatic heterocycles. The normalized spacial score (nSPS) is 12.1. The van der Waals surface area contributed by atoms with Crippen molar-refractivity contribution in [3.63, 3.8) is 0 Å². The molecule has 1 heterocycles. The van der Waals surface area contributed by atoms with E-state index >= 15 is 0 Å². The number of nitro groups is 1. The summed E-state index contributed by atoms with van der Waals surface area (Å²) in [7, 11) is 0. The molecule has 3 N–H and O–H groups in total. The van der Waals surface area contributed by atoms with Crippen molar-refractivity contribution in [3.8, 4) is 11.4 Å². The molecule has 3 rings (SSSR count). The minimum atomic E-state index is -0.574. The Hall–Kier alpha value is -3.13. The van der Waals surface area contributed by atoms with Crippen LogP contribution in [0.4, 0.5) is 10.1 Å². The van der Waals surface area contributed by atoms with Crippen molar-refractivity contribution >= 4 is 5.69 Å². The van der Waals surface area contributed by atoms with Gasteiger partial charge in [-0.3, -0.25) is 15.2 Å². The van der Waals surface area contributed by atoms with E-state index < -0.39 is 11.0 Å². The highest BCUT2D eigenvalue weighted by Crippen LogP contribution is 2.22. The summed E-state index contributed by atoms with van der Waals surface area (Å²) in [5.74, 6) is 0.461.